The number of piperazine rings is 1. The van der Waals surface area contributed by atoms with E-state index in [9.17, 15) is 14.9 Å². The van der Waals surface area contributed by atoms with Crippen molar-refractivity contribution in [3.05, 3.63) is 80.1 Å². The normalized spacial score (nSPS) is 14.0. The molecule has 1 aromatic heterocycles. The Morgan fingerprint density at radius 3 is 2.32 bits per heavy atom. The summed E-state index contributed by atoms with van der Waals surface area (Å²) in [5.41, 5.74) is 3.67. The van der Waals surface area contributed by atoms with Crippen molar-refractivity contribution < 1.29 is 9.72 Å². The number of halogens is 1. The molecule has 8 nitrogen and oxygen atoms in total. The first kappa shape index (κ1) is 21.0. The summed E-state index contributed by atoms with van der Waals surface area (Å²) < 4.78 is 2.77. The van der Waals surface area contributed by atoms with Crippen molar-refractivity contribution >= 4 is 33.2 Å². The Labute approximate surface area is 188 Å². The van der Waals surface area contributed by atoms with Gasteiger partial charge in [-0.15, -0.1) is 0 Å². The Morgan fingerprint density at radius 2 is 1.68 bits per heavy atom. The quantitative estimate of drug-likeness (QED) is 0.411. The number of nitro benzene ring substituents is 1. The van der Waals surface area contributed by atoms with Gasteiger partial charge in [-0.3, -0.25) is 14.9 Å². The number of rotatable bonds is 4. The number of carbonyl (C=O) groups is 1. The van der Waals surface area contributed by atoms with E-state index in [4.69, 9.17) is 0 Å². The van der Waals surface area contributed by atoms with E-state index in [1.165, 1.54) is 6.07 Å². The first-order valence-corrected chi connectivity index (χ1v) is 10.8. The lowest BCUT2D eigenvalue weighted by Crippen LogP contribution is -2.49. The Hall–Kier alpha value is -3.20. The highest BCUT2D eigenvalue weighted by Crippen LogP contribution is 2.29. The Balaban J connectivity index is 1.52. The summed E-state index contributed by atoms with van der Waals surface area (Å²) in [6.07, 6.45) is 0. The molecule has 0 atom stereocenters. The van der Waals surface area contributed by atoms with Gasteiger partial charge in [0.15, 0.2) is 0 Å². The predicted molar refractivity (Wildman–Crippen MR) is 122 cm³/mol. The summed E-state index contributed by atoms with van der Waals surface area (Å²) in [5.74, 6) is -0.0550. The molecule has 1 fully saturated rings. The van der Waals surface area contributed by atoms with Gasteiger partial charge < -0.3 is 9.80 Å². The number of hydrogen-bond donors (Lipinski definition) is 0. The molecule has 0 unspecified atom stereocenters. The third-order valence-electron chi connectivity index (χ3n) is 5.56. The van der Waals surface area contributed by atoms with Crippen molar-refractivity contribution in [2.45, 2.75) is 13.8 Å². The van der Waals surface area contributed by atoms with Gasteiger partial charge in [0.1, 0.15) is 5.69 Å². The minimum absolute atomic E-state index is 0.0550. The third-order valence-corrected chi connectivity index (χ3v) is 6.09. The number of carbonyl (C=O) groups excluding carboxylic acids is 1. The highest BCUT2D eigenvalue weighted by atomic mass is 79.9. The average Bonchev–Trinajstić information content (AvgIpc) is 3.07. The second kappa shape index (κ2) is 8.50. The first-order valence-electron chi connectivity index (χ1n) is 9.96. The van der Waals surface area contributed by atoms with E-state index >= 15 is 0 Å². The van der Waals surface area contributed by atoms with Crippen LogP contribution in [0.15, 0.2) is 53.0 Å². The number of benzene rings is 2. The van der Waals surface area contributed by atoms with Crippen LogP contribution in [0.1, 0.15) is 21.7 Å². The van der Waals surface area contributed by atoms with Crippen LogP contribution in [-0.4, -0.2) is 51.7 Å². The molecule has 0 radical (unpaired) electrons. The van der Waals surface area contributed by atoms with Crippen LogP contribution in [0, 0.1) is 24.0 Å². The lowest BCUT2D eigenvalue weighted by atomic mass is 10.1. The molecule has 0 N–H and O–H groups in total. The maximum Gasteiger partial charge on any atom is 0.292 e. The molecule has 0 spiro atoms. The zero-order chi connectivity index (χ0) is 22.1. The molecular weight excluding hydrogens is 462 g/mol. The topological polar surface area (TPSA) is 84.5 Å². The zero-order valence-electron chi connectivity index (χ0n) is 17.3. The summed E-state index contributed by atoms with van der Waals surface area (Å²) in [7, 11) is 0. The second-order valence-electron chi connectivity index (χ2n) is 7.46. The molecule has 1 aliphatic rings. The molecule has 1 saturated heterocycles. The number of amides is 1. The van der Waals surface area contributed by atoms with Crippen LogP contribution < -0.4 is 4.90 Å². The van der Waals surface area contributed by atoms with E-state index < -0.39 is 0 Å². The molecule has 4 rings (SSSR count). The van der Waals surface area contributed by atoms with Crippen LogP contribution in [0.5, 0.6) is 0 Å². The monoisotopic (exact) mass is 483 g/mol. The first-order chi connectivity index (χ1) is 14.9. The van der Waals surface area contributed by atoms with Gasteiger partial charge in [0, 0.05) is 36.7 Å². The summed E-state index contributed by atoms with van der Waals surface area (Å²) >= 11 is 3.43. The summed E-state index contributed by atoms with van der Waals surface area (Å²) in [4.78, 5) is 28.0. The number of nitrogens with zero attached hydrogens (tertiary/aromatic N) is 5. The van der Waals surface area contributed by atoms with E-state index in [0.29, 0.717) is 43.1 Å². The van der Waals surface area contributed by atoms with E-state index in [1.807, 2.05) is 43.0 Å². The van der Waals surface area contributed by atoms with Gasteiger partial charge >= 0.3 is 0 Å². The SMILES string of the molecule is Cc1nn(-c2ccc(Br)cc2)c(C)c1C(=O)N1CCN(c2ccccc2[N+](=O)[O-])CC1. The van der Waals surface area contributed by atoms with Crippen molar-refractivity contribution in [3.8, 4) is 5.69 Å². The minimum Gasteiger partial charge on any atom is -0.362 e. The van der Waals surface area contributed by atoms with Gasteiger partial charge in [0.25, 0.3) is 11.6 Å². The average molecular weight is 484 g/mol. The molecular formula is C22H22BrN5O3. The fourth-order valence-electron chi connectivity index (χ4n) is 3.98. The molecule has 9 heteroatoms. The number of aryl methyl sites for hydroxylation is 1. The zero-order valence-corrected chi connectivity index (χ0v) is 18.9. The van der Waals surface area contributed by atoms with Crippen LogP contribution in [0.4, 0.5) is 11.4 Å². The van der Waals surface area contributed by atoms with Crippen LogP contribution in [0.2, 0.25) is 0 Å². The molecule has 2 aromatic carbocycles. The maximum atomic E-state index is 13.3. The smallest absolute Gasteiger partial charge is 0.292 e. The molecule has 31 heavy (non-hydrogen) atoms. The van der Waals surface area contributed by atoms with Crippen LogP contribution in [0.3, 0.4) is 0 Å². The van der Waals surface area contributed by atoms with Crippen molar-refractivity contribution in [1.29, 1.82) is 0 Å². The molecule has 160 valence electrons. The van der Waals surface area contributed by atoms with Crippen molar-refractivity contribution in [2.24, 2.45) is 0 Å². The minimum atomic E-state index is -0.365. The molecule has 1 aliphatic heterocycles. The van der Waals surface area contributed by atoms with Gasteiger partial charge in [0.05, 0.1) is 27.6 Å². The molecule has 0 bridgehead atoms. The Bertz CT molecular complexity index is 1130. The standard InChI is InChI=1S/C22H22BrN5O3/c1-15-21(16(2)27(24-15)18-9-7-17(23)8-10-18)22(29)26-13-11-25(12-14-26)19-5-3-4-6-20(19)28(30)31/h3-10H,11-14H2,1-2H3. The van der Waals surface area contributed by atoms with Crippen LogP contribution >= 0.6 is 15.9 Å². The van der Waals surface area contributed by atoms with Gasteiger partial charge in [-0.1, -0.05) is 28.1 Å². The predicted octanol–water partition coefficient (Wildman–Crippen LogP) is 4.12. The van der Waals surface area contributed by atoms with E-state index in [1.54, 1.807) is 27.8 Å². The van der Waals surface area contributed by atoms with Crippen molar-refractivity contribution in [2.75, 3.05) is 31.1 Å². The van der Waals surface area contributed by atoms with Gasteiger partial charge in [0.2, 0.25) is 0 Å². The number of anilines is 1. The van der Waals surface area contributed by atoms with Gasteiger partial charge in [-0.2, -0.15) is 5.10 Å². The largest absolute Gasteiger partial charge is 0.362 e. The van der Waals surface area contributed by atoms with E-state index in [-0.39, 0.29) is 16.5 Å². The summed E-state index contributed by atoms with van der Waals surface area (Å²) in [6.45, 7) is 5.81. The lowest BCUT2D eigenvalue weighted by molar-refractivity contribution is -0.384. The third kappa shape index (κ3) is 4.05. The number of nitro groups is 1. The van der Waals surface area contributed by atoms with Crippen LogP contribution in [0.25, 0.3) is 5.69 Å². The fourth-order valence-corrected chi connectivity index (χ4v) is 4.24. The van der Waals surface area contributed by atoms with Crippen LogP contribution in [-0.2, 0) is 0 Å². The summed E-state index contributed by atoms with van der Waals surface area (Å²) in [6, 6.07) is 14.5. The highest BCUT2D eigenvalue weighted by Gasteiger charge is 2.29. The number of aromatic nitrogens is 2. The van der Waals surface area contributed by atoms with Gasteiger partial charge in [-0.25, -0.2) is 4.68 Å². The fraction of sp³-hybridized carbons (Fsp3) is 0.273. The molecule has 1 amide bonds. The van der Waals surface area contributed by atoms with E-state index in [2.05, 4.69) is 21.0 Å². The lowest BCUT2D eigenvalue weighted by Gasteiger charge is -2.35. The molecule has 3 aromatic rings. The number of para-hydroxylation sites is 2. The van der Waals surface area contributed by atoms with Crippen molar-refractivity contribution in [1.82, 2.24) is 14.7 Å². The Kier molecular flexibility index (Phi) is 5.77. The molecule has 2 heterocycles. The van der Waals surface area contributed by atoms with Gasteiger partial charge in [-0.05, 0) is 44.2 Å². The molecule has 0 aliphatic carbocycles. The summed E-state index contributed by atoms with van der Waals surface area (Å²) in [5, 5.41) is 15.9. The molecule has 0 saturated carbocycles. The number of hydrogen-bond acceptors (Lipinski definition) is 5. The Morgan fingerprint density at radius 1 is 1.03 bits per heavy atom. The maximum absolute atomic E-state index is 13.3. The van der Waals surface area contributed by atoms with E-state index in [0.717, 1.165) is 15.9 Å². The highest BCUT2D eigenvalue weighted by molar-refractivity contribution is 9.10. The van der Waals surface area contributed by atoms with Crippen molar-refractivity contribution in [3.63, 3.8) is 0 Å². The second-order valence-corrected chi connectivity index (χ2v) is 8.37.